The Kier molecular flexibility index (Phi) is 11.7. The summed E-state index contributed by atoms with van der Waals surface area (Å²) in [5.41, 5.74) is 0. The van der Waals surface area contributed by atoms with Gasteiger partial charge in [0.25, 0.3) is 0 Å². The first kappa shape index (κ1) is 25.4. The summed E-state index contributed by atoms with van der Waals surface area (Å²) in [5, 5.41) is 3.17. The minimum Gasteiger partial charge on any atom is -0.446 e. The first-order valence-electron chi connectivity index (χ1n) is 11.5. The van der Waals surface area contributed by atoms with E-state index in [9.17, 15) is 4.79 Å². The van der Waals surface area contributed by atoms with Crippen LogP contribution in [0, 0.1) is 0 Å². The van der Waals surface area contributed by atoms with E-state index in [1.54, 1.807) is 0 Å². The lowest BCUT2D eigenvalue weighted by Gasteiger charge is -2.36. The van der Waals surface area contributed by atoms with Crippen molar-refractivity contribution in [3.05, 3.63) is 0 Å². The zero-order valence-electron chi connectivity index (χ0n) is 19.4. The predicted molar refractivity (Wildman–Crippen MR) is 120 cm³/mol. The van der Waals surface area contributed by atoms with Gasteiger partial charge in [0.05, 0.1) is 0 Å². The van der Waals surface area contributed by atoms with Gasteiger partial charge in [0.15, 0.2) is 8.32 Å². The van der Waals surface area contributed by atoms with Gasteiger partial charge in [-0.1, -0.05) is 40.5 Å². The van der Waals surface area contributed by atoms with Crippen molar-refractivity contribution in [2.75, 3.05) is 32.8 Å². The van der Waals surface area contributed by atoms with Crippen LogP contribution in [0.5, 0.6) is 0 Å². The Hall–Kier alpha value is -0.593. The SMILES string of the molecule is CCCCCC(CCCO[Si](C)(C)C(C)(C)C)OC(=O)NCCN1CCCC1. The van der Waals surface area contributed by atoms with Crippen LogP contribution in [0.25, 0.3) is 0 Å². The Morgan fingerprint density at radius 1 is 1.11 bits per heavy atom. The van der Waals surface area contributed by atoms with Crippen molar-refractivity contribution in [3.63, 3.8) is 0 Å². The standard InChI is InChI=1S/C22H46N2O3Si/c1-7-8-9-13-20(14-12-19-26-28(5,6)22(2,3)4)27-21(25)23-15-18-24-16-10-11-17-24/h20H,7-19H2,1-6H3,(H,23,25). The summed E-state index contributed by atoms with van der Waals surface area (Å²) < 4.78 is 12.0. The Bertz CT molecular complexity index is 432. The first-order valence-corrected chi connectivity index (χ1v) is 14.4. The van der Waals surface area contributed by atoms with E-state index in [1.165, 1.54) is 25.7 Å². The van der Waals surface area contributed by atoms with E-state index in [0.717, 1.165) is 51.9 Å². The van der Waals surface area contributed by atoms with Gasteiger partial charge in [-0.25, -0.2) is 4.79 Å². The van der Waals surface area contributed by atoms with Crippen LogP contribution in [0.15, 0.2) is 0 Å². The largest absolute Gasteiger partial charge is 0.446 e. The summed E-state index contributed by atoms with van der Waals surface area (Å²) in [6, 6.07) is 0. The highest BCUT2D eigenvalue weighted by Crippen LogP contribution is 2.36. The highest BCUT2D eigenvalue weighted by Gasteiger charge is 2.36. The second-order valence-electron chi connectivity index (χ2n) is 9.75. The first-order chi connectivity index (χ1) is 13.2. The molecule has 166 valence electrons. The topological polar surface area (TPSA) is 50.8 Å². The monoisotopic (exact) mass is 414 g/mol. The summed E-state index contributed by atoms with van der Waals surface area (Å²) in [6.07, 6.45) is 8.58. The number of nitrogens with one attached hydrogen (secondary N) is 1. The van der Waals surface area contributed by atoms with Crippen LogP contribution in [0.3, 0.4) is 0 Å². The molecule has 1 unspecified atom stereocenters. The van der Waals surface area contributed by atoms with Crippen molar-refractivity contribution in [2.45, 2.75) is 103 Å². The molecule has 0 spiro atoms. The van der Waals surface area contributed by atoms with Gasteiger partial charge in [0, 0.05) is 19.7 Å². The van der Waals surface area contributed by atoms with E-state index in [0.29, 0.717) is 6.54 Å². The number of unbranched alkanes of at least 4 members (excludes halogenated alkanes) is 2. The van der Waals surface area contributed by atoms with Crippen LogP contribution in [-0.4, -0.2) is 58.2 Å². The summed E-state index contributed by atoms with van der Waals surface area (Å²) in [7, 11) is -1.70. The summed E-state index contributed by atoms with van der Waals surface area (Å²) >= 11 is 0. The van der Waals surface area contributed by atoms with Gasteiger partial charge in [-0.2, -0.15) is 0 Å². The minimum atomic E-state index is -1.70. The lowest BCUT2D eigenvalue weighted by atomic mass is 10.1. The lowest BCUT2D eigenvalue weighted by Crippen LogP contribution is -2.41. The second kappa shape index (κ2) is 12.9. The molecular formula is C22H46N2O3Si. The van der Waals surface area contributed by atoms with E-state index >= 15 is 0 Å². The molecule has 1 saturated heterocycles. The number of ether oxygens (including phenoxy) is 1. The highest BCUT2D eigenvalue weighted by molar-refractivity contribution is 6.74. The number of likely N-dealkylation sites (tertiary alicyclic amines) is 1. The Labute approximate surface area is 175 Å². The number of rotatable bonds is 13. The maximum Gasteiger partial charge on any atom is 0.407 e. The Morgan fingerprint density at radius 3 is 2.36 bits per heavy atom. The van der Waals surface area contributed by atoms with Gasteiger partial charge in [-0.15, -0.1) is 0 Å². The number of carbonyl (C=O) groups is 1. The highest BCUT2D eigenvalue weighted by atomic mass is 28.4. The molecule has 0 aromatic carbocycles. The maximum absolute atomic E-state index is 12.2. The quantitative estimate of drug-likeness (QED) is 0.317. The third kappa shape index (κ3) is 10.3. The molecule has 28 heavy (non-hydrogen) atoms. The molecule has 0 bridgehead atoms. The number of hydrogen-bond donors (Lipinski definition) is 1. The van der Waals surface area contributed by atoms with Gasteiger partial charge < -0.3 is 19.4 Å². The number of alkyl carbamates (subject to hydrolysis) is 1. The van der Waals surface area contributed by atoms with Gasteiger partial charge in [0.2, 0.25) is 0 Å². The molecule has 0 aromatic rings. The fourth-order valence-electron chi connectivity index (χ4n) is 3.25. The van der Waals surface area contributed by atoms with Crippen molar-refractivity contribution >= 4 is 14.4 Å². The summed E-state index contributed by atoms with van der Waals surface area (Å²) in [5.74, 6) is 0. The van der Waals surface area contributed by atoms with Gasteiger partial charge in [-0.05, 0) is 69.7 Å². The molecule has 0 aromatic heterocycles. The molecule has 6 heteroatoms. The smallest absolute Gasteiger partial charge is 0.407 e. The molecule has 1 heterocycles. The van der Waals surface area contributed by atoms with Crippen LogP contribution < -0.4 is 5.32 Å². The zero-order chi connectivity index (χ0) is 21.0. The molecule has 0 radical (unpaired) electrons. The Balaban J connectivity index is 2.32. The molecule has 1 N–H and O–H groups in total. The molecule has 1 aliphatic heterocycles. The van der Waals surface area contributed by atoms with Crippen LogP contribution in [0.1, 0.15) is 79.1 Å². The van der Waals surface area contributed by atoms with Crippen LogP contribution in [-0.2, 0) is 9.16 Å². The van der Waals surface area contributed by atoms with E-state index < -0.39 is 8.32 Å². The van der Waals surface area contributed by atoms with Gasteiger partial charge >= 0.3 is 6.09 Å². The Morgan fingerprint density at radius 2 is 1.75 bits per heavy atom. The number of amides is 1. The average molecular weight is 415 g/mol. The van der Waals surface area contributed by atoms with Gasteiger partial charge in [-0.3, -0.25) is 0 Å². The van der Waals surface area contributed by atoms with E-state index in [-0.39, 0.29) is 17.2 Å². The fraction of sp³-hybridized carbons (Fsp3) is 0.955. The number of nitrogens with zero attached hydrogens (tertiary/aromatic N) is 1. The molecule has 1 aliphatic rings. The van der Waals surface area contributed by atoms with E-state index in [2.05, 4.69) is 51.0 Å². The molecule has 0 saturated carbocycles. The lowest BCUT2D eigenvalue weighted by molar-refractivity contribution is 0.0808. The molecular weight excluding hydrogens is 368 g/mol. The third-order valence-electron chi connectivity index (χ3n) is 6.24. The maximum atomic E-state index is 12.2. The van der Waals surface area contributed by atoms with Crippen LogP contribution in [0.2, 0.25) is 18.1 Å². The molecule has 5 nitrogen and oxygen atoms in total. The molecule has 1 rings (SSSR count). The van der Waals surface area contributed by atoms with Crippen LogP contribution in [0.4, 0.5) is 4.79 Å². The summed E-state index contributed by atoms with van der Waals surface area (Å²) in [6.45, 7) is 18.3. The number of hydrogen-bond acceptors (Lipinski definition) is 4. The minimum absolute atomic E-state index is 0.00125. The predicted octanol–water partition coefficient (Wildman–Crippen LogP) is 5.56. The van der Waals surface area contributed by atoms with Crippen molar-refractivity contribution < 1.29 is 14.0 Å². The fourth-order valence-corrected chi connectivity index (χ4v) is 4.34. The van der Waals surface area contributed by atoms with Crippen molar-refractivity contribution in [1.82, 2.24) is 10.2 Å². The van der Waals surface area contributed by atoms with Gasteiger partial charge in [0.1, 0.15) is 6.10 Å². The zero-order valence-corrected chi connectivity index (χ0v) is 20.4. The van der Waals surface area contributed by atoms with Crippen molar-refractivity contribution in [2.24, 2.45) is 0 Å². The second-order valence-corrected chi connectivity index (χ2v) is 14.6. The third-order valence-corrected chi connectivity index (χ3v) is 10.8. The normalized spacial score (nSPS) is 16.9. The molecule has 1 atom stereocenters. The summed E-state index contributed by atoms with van der Waals surface area (Å²) in [4.78, 5) is 14.6. The molecule has 1 fully saturated rings. The van der Waals surface area contributed by atoms with E-state index in [4.69, 9.17) is 9.16 Å². The van der Waals surface area contributed by atoms with Crippen molar-refractivity contribution in [1.29, 1.82) is 0 Å². The van der Waals surface area contributed by atoms with E-state index in [1.807, 2.05) is 0 Å². The molecule has 0 aliphatic carbocycles. The molecule has 1 amide bonds. The van der Waals surface area contributed by atoms with Crippen molar-refractivity contribution in [3.8, 4) is 0 Å². The average Bonchev–Trinajstić information content (AvgIpc) is 3.11. The number of carbonyl (C=O) groups excluding carboxylic acids is 1. The van der Waals surface area contributed by atoms with Crippen LogP contribution >= 0.6 is 0 Å².